The van der Waals surface area contributed by atoms with Crippen molar-refractivity contribution in [2.45, 2.75) is 0 Å². The standard InChI is InChI=1S/C18H19ClN4.C7H4N2O6.C2H6OS/c1-22-8-10-23(11-9-22)18-14-4-2-3-5-15(14)20-16-7-6-13(19)12-17(16)21-18;10-7(11)4-1-5(8(12)13)3-6(2-4)9(14)15;1-4(2)3/h2-7,12,20H,8-11H2,1H3;1-3H,(H,10,11);1-2H3. The highest BCUT2D eigenvalue weighted by atomic mass is 35.5. The molecule has 3 aromatic carbocycles. The Morgan fingerprint density at radius 2 is 1.55 bits per heavy atom. The van der Waals surface area contributed by atoms with Crippen LogP contribution in [0.25, 0.3) is 0 Å². The van der Waals surface area contributed by atoms with E-state index in [4.69, 9.17) is 16.6 Å². The number of benzene rings is 3. The van der Waals surface area contributed by atoms with Gasteiger partial charge in [-0.1, -0.05) is 23.7 Å². The fraction of sp³-hybridized carbons (Fsp3) is 0.259. The van der Waals surface area contributed by atoms with Gasteiger partial charge < -0.3 is 25.0 Å². The average molecular weight is 617 g/mol. The first-order chi connectivity index (χ1) is 19.8. The number of rotatable bonds is 3. The van der Waals surface area contributed by atoms with Crippen LogP contribution in [-0.4, -0.2) is 76.5 Å². The number of nitro benzene ring substituents is 2. The molecule has 15 heteroatoms. The molecule has 13 nitrogen and oxygen atoms in total. The van der Waals surface area contributed by atoms with Gasteiger partial charge in [-0.25, -0.2) is 4.99 Å². The molecule has 2 heterocycles. The summed E-state index contributed by atoms with van der Waals surface area (Å²) in [6, 6.07) is 16.3. The molecule has 0 aliphatic carbocycles. The molecule has 0 unspecified atom stereocenters. The molecule has 5 rings (SSSR count). The number of aromatic carboxylic acids is 1. The summed E-state index contributed by atoms with van der Waals surface area (Å²) in [5.74, 6) is -0.664. The number of nitrogens with one attached hydrogen (secondary N) is 2. The summed E-state index contributed by atoms with van der Waals surface area (Å²) in [6.45, 7) is 4.32. The van der Waals surface area contributed by atoms with Gasteiger partial charge in [0.2, 0.25) is 0 Å². The molecule has 0 saturated carbocycles. The Morgan fingerprint density at radius 3 is 2.10 bits per heavy atom. The van der Waals surface area contributed by atoms with E-state index in [9.17, 15) is 34.3 Å². The first-order valence-corrected chi connectivity index (χ1v) is 14.9. The number of para-hydroxylation sites is 1. The molecule has 0 aromatic heterocycles. The van der Waals surface area contributed by atoms with E-state index >= 15 is 0 Å². The molecular formula is C27H29ClN6O7S. The van der Waals surface area contributed by atoms with E-state index in [-0.39, 0.29) is 0 Å². The van der Waals surface area contributed by atoms with E-state index < -0.39 is 43.6 Å². The van der Waals surface area contributed by atoms with Crippen molar-refractivity contribution in [1.82, 2.24) is 4.90 Å². The number of amidine groups is 1. The van der Waals surface area contributed by atoms with Gasteiger partial charge in [0.15, 0.2) is 0 Å². The van der Waals surface area contributed by atoms with Crippen LogP contribution in [0.2, 0.25) is 5.02 Å². The first-order valence-electron chi connectivity index (χ1n) is 12.6. The number of carbonyl (C=O) groups is 1. The van der Waals surface area contributed by atoms with Crippen LogP contribution in [-0.2, 0) is 10.8 Å². The fourth-order valence-corrected chi connectivity index (χ4v) is 4.24. The number of piperazine rings is 1. The van der Waals surface area contributed by atoms with E-state index in [1.165, 1.54) is 0 Å². The van der Waals surface area contributed by atoms with Crippen LogP contribution in [0.1, 0.15) is 15.9 Å². The van der Waals surface area contributed by atoms with Crippen molar-refractivity contribution in [1.29, 1.82) is 0 Å². The molecule has 0 amide bonds. The third kappa shape index (κ3) is 8.80. The predicted octanol–water partition coefficient (Wildman–Crippen LogP) is 2.17. The van der Waals surface area contributed by atoms with Crippen LogP contribution in [0.5, 0.6) is 0 Å². The quantitative estimate of drug-likeness (QED) is 0.330. The number of anilines is 2. The molecule has 1 fully saturated rings. The monoisotopic (exact) mass is 616 g/mol. The second kappa shape index (κ2) is 14.5. The van der Waals surface area contributed by atoms with E-state index in [2.05, 4.69) is 41.5 Å². The summed E-state index contributed by atoms with van der Waals surface area (Å²) < 4.78 is 9.56. The highest BCUT2D eigenvalue weighted by Crippen LogP contribution is 2.36. The van der Waals surface area contributed by atoms with Crippen molar-refractivity contribution in [2.24, 2.45) is 4.99 Å². The molecule has 1 saturated heterocycles. The van der Waals surface area contributed by atoms with Gasteiger partial charge in [-0.3, -0.25) is 24.4 Å². The van der Waals surface area contributed by atoms with Gasteiger partial charge >= 0.3 is 0 Å². The van der Waals surface area contributed by atoms with Gasteiger partial charge in [-0.15, -0.1) is 0 Å². The lowest BCUT2D eigenvalue weighted by atomic mass is 10.1. The largest absolute Gasteiger partial charge is 0.545 e. The number of hydrogen-bond acceptors (Lipinski definition) is 10. The van der Waals surface area contributed by atoms with Crippen LogP contribution >= 0.6 is 11.6 Å². The fourth-order valence-electron chi connectivity index (χ4n) is 4.07. The molecule has 2 aliphatic rings. The average Bonchev–Trinajstić information content (AvgIpc) is 3.10. The number of nitrogens with zero attached hydrogens (tertiary/aromatic N) is 4. The number of likely N-dealkylation sites (N-methyl/N-ethyl adjacent to an activating group) is 1. The minimum atomic E-state index is -1.71. The number of carbonyl (C=O) groups excluding carboxylic acids is 1. The molecule has 2 N–H and O–H groups in total. The van der Waals surface area contributed by atoms with E-state index in [1.54, 1.807) is 17.4 Å². The van der Waals surface area contributed by atoms with E-state index in [0.29, 0.717) is 23.2 Å². The lowest BCUT2D eigenvalue weighted by Crippen LogP contribution is -3.12. The number of fused-ring (bicyclic) bond motifs is 2. The minimum absolute atomic E-state index is 0.601. The van der Waals surface area contributed by atoms with Crippen molar-refractivity contribution in [3.63, 3.8) is 0 Å². The Morgan fingerprint density at radius 1 is 0.976 bits per heavy atom. The molecule has 3 aromatic rings. The van der Waals surface area contributed by atoms with E-state index in [1.807, 2.05) is 18.2 Å². The molecule has 0 bridgehead atoms. The zero-order chi connectivity index (χ0) is 31.0. The van der Waals surface area contributed by atoms with Crippen LogP contribution < -0.4 is 15.3 Å². The number of halogens is 1. The highest BCUT2D eigenvalue weighted by Gasteiger charge is 2.25. The topological polar surface area (TPSA) is 176 Å². The lowest BCUT2D eigenvalue weighted by Gasteiger charge is -2.32. The zero-order valence-corrected chi connectivity index (χ0v) is 24.6. The van der Waals surface area contributed by atoms with E-state index in [0.717, 1.165) is 54.6 Å². The summed E-state index contributed by atoms with van der Waals surface area (Å²) in [4.78, 5) is 38.1. The maximum atomic E-state index is 10.4. The number of carboxylic acids is 1. The lowest BCUT2D eigenvalue weighted by molar-refractivity contribution is -0.883. The summed E-state index contributed by atoms with van der Waals surface area (Å²) in [6.07, 6.45) is 3.28. The number of non-ortho nitro benzene ring substituents is 2. The Balaban J connectivity index is 0.000000220. The highest BCUT2D eigenvalue weighted by molar-refractivity contribution is 7.83. The van der Waals surface area contributed by atoms with Crippen LogP contribution in [0.15, 0.2) is 65.7 Å². The Bertz CT molecular complexity index is 1460. The minimum Gasteiger partial charge on any atom is -0.545 e. The van der Waals surface area contributed by atoms with Gasteiger partial charge in [0.05, 0.1) is 66.5 Å². The third-order valence-electron chi connectivity index (χ3n) is 6.10. The van der Waals surface area contributed by atoms with Crippen LogP contribution in [0.4, 0.5) is 28.4 Å². The molecule has 0 spiro atoms. The first kappa shape index (κ1) is 32.1. The second-order valence-corrected chi connectivity index (χ2v) is 11.4. The van der Waals surface area contributed by atoms with Crippen molar-refractivity contribution in [3.05, 3.63) is 97.0 Å². The summed E-state index contributed by atoms with van der Waals surface area (Å²) in [5, 5.41) is 35.2. The van der Waals surface area contributed by atoms with Crippen molar-refractivity contribution >= 4 is 62.6 Å². The molecule has 2 aliphatic heterocycles. The molecule has 42 heavy (non-hydrogen) atoms. The maximum absolute atomic E-state index is 10.4. The Labute approximate surface area is 249 Å². The number of hydrogen-bond donors (Lipinski definition) is 2. The Hall–Kier alpha value is -4.40. The van der Waals surface area contributed by atoms with Gasteiger partial charge in [0, 0.05) is 57.3 Å². The summed E-state index contributed by atoms with van der Waals surface area (Å²) >= 11 is 6.18. The number of carboxylic acid groups (broad SMARTS) is 1. The molecular weight excluding hydrogens is 588 g/mol. The maximum Gasteiger partial charge on any atom is 0.276 e. The summed E-state index contributed by atoms with van der Waals surface area (Å²) in [7, 11) is 1.64. The number of quaternary nitrogens is 1. The summed E-state index contributed by atoms with van der Waals surface area (Å²) in [5.41, 5.74) is 2.22. The molecule has 0 radical (unpaired) electrons. The Kier molecular flexibility index (Phi) is 11.1. The van der Waals surface area contributed by atoms with Crippen molar-refractivity contribution in [3.8, 4) is 0 Å². The predicted molar refractivity (Wildman–Crippen MR) is 160 cm³/mol. The van der Waals surface area contributed by atoms with Gasteiger partial charge in [0.25, 0.3) is 11.4 Å². The normalized spacial score (nSPS) is 13.9. The van der Waals surface area contributed by atoms with Gasteiger partial charge in [0.1, 0.15) is 5.84 Å². The second-order valence-electron chi connectivity index (χ2n) is 9.49. The van der Waals surface area contributed by atoms with Gasteiger partial charge in [-0.2, -0.15) is 0 Å². The smallest absolute Gasteiger partial charge is 0.276 e. The SMILES string of the molecule is CS(C)=O.C[NH+]1CCN(C2=Nc3cc(Cl)ccc3Nc3ccccc32)CC1.O=C([O-])c1cc([N+](=O)[O-])cc([N+](=O)[O-])c1. The molecule has 0 atom stereocenters. The van der Waals surface area contributed by atoms with Gasteiger partial charge in [-0.05, 0) is 30.3 Å². The number of aliphatic imine (C=N–C) groups is 1. The van der Waals surface area contributed by atoms with Crippen LogP contribution in [0.3, 0.4) is 0 Å². The van der Waals surface area contributed by atoms with Crippen molar-refractivity contribution in [2.75, 3.05) is 51.1 Å². The zero-order valence-electron chi connectivity index (χ0n) is 23.0. The third-order valence-corrected chi connectivity index (χ3v) is 6.33. The van der Waals surface area contributed by atoms with Crippen LogP contribution in [0, 0.1) is 20.2 Å². The number of nitro groups is 2. The van der Waals surface area contributed by atoms with Crippen molar-refractivity contribution < 1.29 is 28.9 Å². The molecule has 222 valence electrons.